The number of ether oxygens (including phenoxy) is 2. The van der Waals surface area contributed by atoms with Gasteiger partial charge in [-0.05, 0) is 49.9 Å². The van der Waals surface area contributed by atoms with Crippen molar-refractivity contribution in [3.63, 3.8) is 0 Å². The number of amides is 1. The number of carbonyl (C=O) groups is 2. The number of benzene rings is 2. The van der Waals surface area contributed by atoms with E-state index in [-0.39, 0.29) is 12.5 Å². The summed E-state index contributed by atoms with van der Waals surface area (Å²) in [5.74, 6) is -0.130. The van der Waals surface area contributed by atoms with Crippen LogP contribution in [0.5, 0.6) is 5.75 Å². The molecule has 2 aromatic rings. The molecule has 1 heterocycles. The number of para-hydroxylation sites is 2. The van der Waals surface area contributed by atoms with Crippen LogP contribution in [0.1, 0.15) is 24.5 Å². The third-order valence-electron chi connectivity index (χ3n) is 4.47. The van der Waals surface area contributed by atoms with Crippen molar-refractivity contribution in [2.24, 2.45) is 0 Å². The quantitative estimate of drug-likeness (QED) is 0.774. The van der Waals surface area contributed by atoms with Crippen molar-refractivity contribution >= 4 is 17.6 Å². The van der Waals surface area contributed by atoms with Crippen molar-refractivity contribution in [2.75, 3.05) is 18.1 Å². The summed E-state index contributed by atoms with van der Waals surface area (Å²) < 4.78 is 10.8. The first kappa shape index (κ1) is 18.0. The third kappa shape index (κ3) is 4.04. The fourth-order valence-corrected chi connectivity index (χ4v) is 3.12. The number of nitrogens with zero attached hydrogens (tertiary/aromatic N) is 1. The summed E-state index contributed by atoms with van der Waals surface area (Å²) >= 11 is 0. The highest BCUT2D eigenvalue weighted by molar-refractivity contribution is 5.98. The second kappa shape index (κ2) is 8.04. The minimum atomic E-state index is -0.853. The molecule has 0 aliphatic carbocycles. The van der Waals surface area contributed by atoms with E-state index in [1.807, 2.05) is 49.4 Å². The summed E-state index contributed by atoms with van der Waals surface area (Å²) in [4.78, 5) is 26.5. The van der Waals surface area contributed by atoms with Crippen molar-refractivity contribution < 1.29 is 19.1 Å². The van der Waals surface area contributed by atoms with Crippen LogP contribution in [0.4, 0.5) is 5.69 Å². The molecule has 0 aromatic heterocycles. The number of carbonyl (C=O) groups excluding carboxylic acids is 2. The van der Waals surface area contributed by atoms with Gasteiger partial charge in [-0.2, -0.15) is 0 Å². The van der Waals surface area contributed by atoms with E-state index in [0.29, 0.717) is 12.3 Å². The van der Waals surface area contributed by atoms with Gasteiger partial charge in [-0.15, -0.1) is 0 Å². The van der Waals surface area contributed by atoms with Gasteiger partial charge in [0, 0.05) is 12.2 Å². The SMILES string of the molecule is Cc1ccccc1OCC(=O)OC(C)C(=O)N1CCCc2ccccc21. The zero-order valence-corrected chi connectivity index (χ0v) is 15.1. The molecule has 0 saturated heterocycles. The first-order valence-corrected chi connectivity index (χ1v) is 8.83. The first-order valence-electron chi connectivity index (χ1n) is 8.83. The van der Waals surface area contributed by atoms with Crippen LogP contribution in [0.25, 0.3) is 0 Å². The van der Waals surface area contributed by atoms with Gasteiger partial charge in [0.05, 0.1) is 0 Å². The molecule has 26 heavy (non-hydrogen) atoms. The molecular weight excluding hydrogens is 330 g/mol. The van der Waals surface area contributed by atoms with Gasteiger partial charge in [-0.25, -0.2) is 4.79 Å². The second-order valence-corrected chi connectivity index (χ2v) is 6.41. The van der Waals surface area contributed by atoms with Gasteiger partial charge in [0.25, 0.3) is 5.91 Å². The van der Waals surface area contributed by atoms with Crippen LogP contribution in [0.2, 0.25) is 0 Å². The summed E-state index contributed by atoms with van der Waals surface area (Å²) in [7, 11) is 0. The zero-order chi connectivity index (χ0) is 18.5. The lowest BCUT2D eigenvalue weighted by Gasteiger charge is -2.31. The molecule has 1 aliphatic rings. The van der Waals surface area contributed by atoms with Crippen LogP contribution in [-0.2, 0) is 20.7 Å². The number of anilines is 1. The van der Waals surface area contributed by atoms with Gasteiger partial charge in [0.15, 0.2) is 12.7 Å². The minimum absolute atomic E-state index is 0.207. The van der Waals surface area contributed by atoms with Crippen molar-refractivity contribution in [2.45, 2.75) is 32.8 Å². The third-order valence-corrected chi connectivity index (χ3v) is 4.47. The molecule has 1 aliphatic heterocycles. The molecule has 5 heteroatoms. The summed E-state index contributed by atoms with van der Waals surface area (Å²) in [6, 6.07) is 15.3. The van der Waals surface area contributed by atoms with Crippen LogP contribution in [-0.4, -0.2) is 31.1 Å². The highest BCUT2D eigenvalue weighted by Crippen LogP contribution is 2.27. The van der Waals surface area contributed by atoms with E-state index in [4.69, 9.17) is 9.47 Å². The van der Waals surface area contributed by atoms with Crippen molar-refractivity contribution in [3.05, 3.63) is 59.7 Å². The van der Waals surface area contributed by atoms with E-state index < -0.39 is 12.1 Å². The fraction of sp³-hybridized carbons (Fsp3) is 0.333. The molecule has 0 spiro atoms. The number of rotatable bonds is 5. The van der Waals surface area contributed by atoms with Gasteiger partial charge in [0.2, 0.25) is 0 Å². The fourth-order valence-electron chi connectivity index (χ4n) is 3.12. The highest BCUT2D eigenvalue weighted by atomic mass is 16.6. The Kier molecular flexibility index (Phi) is 5.56. The number of fused-ring (bicyclic) bond motifs is 1. The summed E-state index contributed by atoms with van der Waals surface area (Å²) in [6.07, 6.45) is 1.01. The second-order valence-electron chi connectivity index (χ2n) is 6.41. The Hall–Kier alpha value is -2.82. The van der Waals surface area contributed by atoms with Crippen LogP contribution in [0.3, 0.4) is 0 Å². The lowest BCUT2D eigenvalue weighted by atomic mass is 10.0. The van der Waals surface area contributed by atoms with Crippen LogP contribution < -0.4 is 9.64 Å². The molecule has 0 N–H and O–H groups in total. The Morgan fingerprint density at radius 1 is 1.12 bits per heavy atom. The van der Waals surface area contributed by atoms with Gasteiger partial charge in [-0.1, -0.05) is 36.4 Å². The number of aryl methyl sites for hydroxylation is 2. The van der Waals surface area contributed by atoms with E-state index in [2.05, 4.69) is 0 Å². The van der Waals surface area contributed by atoms with E-state index in [1.165, 1.54) is 0 Å². The molecule has 136 valence electrons. The Morgan fingerprint density at radius 2 is 1.85 bits per heavy atom. The molecule has 0 fully saturated rings. The topological polar surface area (TPSA) is 55.8 Å². The molecule has 1 atom stereocenters. The van der Waals surface area contributed by atoms with Gasteiger partial charge < -0.3 is 14.4 Å². The molecular formula is C21H23NO4. The van der Waals surface area contributed by atoms with Gasteiger partial charge in [0.1, 0.15) is 5.75 Å². The smallest absolute Gasteiger partial charge is 0.344 e. The van der Waals surface area contributed by atoms with Crippen molar-refractivity contribution in [1.29, 1.82) is 0 Å². The predicted octanol–water partition coefficient (Wildman–Crippen LogP) is 3.28. The molecule has 2 aromatic carbocycles. The van der Waals surface area contributed by atoms with Crippen LogP contribution >= 0.6 is 0 Å². The maximum Gasteiger partial charge on any atom is 0.344 e. The Labute approximate surface area is 153 Å². The van der Waals surface area contributed by atoms with E-state index in [0.717, 1.165) is 29.7 Å². The van der Waals surface area contributed by atoms with E-state index in [9.17, 15) is 9.59 Å². The molecule has 1 amide bonds. The summed E-state index contributed by atoms with van der Waals surface area (Å²) in [6.45, 7) is 3.92. The maximum absolute atomic E-state index is 12.7. The normalized spacial score (nSPS) is 14.3. The number of hydrogen-bond acceptors (Lipinski definition) is 4. The van der Waals surface area contributed by atoms with E-state index in [1.54, 1.807) is 17.9 Å². The van der Waals surface area contributed by atoms with Gasteiger partial charge in [-0.3, -0.25) is 4.79 Å². The zero-order valence-electron chi connectivity index (χ0n) is 15.1. The van der Waals surface area contributed by atoms with E-state index >= 15 is 0 Å². The Morgan fingerprint density at radius 3 is 2.65 bits per heavy atom. The van der Waals surface area contributed by atoms with Gasteiger partial charge >= 0.3 is 5.97 Å². The number of esters is 1. The average molecular weight is 353 g/mol. The monoisotopic (exact) mass is 353 g/mol. The highest BCUT2D eigenvalue weighted by Gasteiger charge is 2.28. The largest absolute Gasteiger partial charge is 0.482 e. The lowest BCUT2D eigenvalue weighted by Crippen LogP contribution is -2.43. The lowest BCUT2D eigenvalue weighted by molar-refractivity contribution is -0.155. The predicted molar refractivity (Wildman–Crippen MR) is 99.3 cm³/mol. The van der Waals surface area contributed by atoms with Crippen molar-refractivity contribution in [1.82, 2.24) is 0 Å². The Balaban J connectivity index is 1.58. The summed E-state index contributed by atoms with van der Waals surface area (Å²) in [5.41, 5.74) is 2.99. The van der Waals surface area contributed by atoms with Crippen molar-refractivity contribution in [3.8, 4) is 5.75 Å². The van der Waals surface area contributed by atoms with Crippen LogP contribution in [0.15, 0.2) is 48.5 Å². The minimum Gasteiger partial charge on any atom is -0.482 e. The van der Waals surface area contributed by atoms with Crippen LogP contribution in [0, 0.1) is 6.92 Å². The molecule has 0 saturated carbocycles. The maximum atomic E-state index is 12.7. The molecule has 5 nitrogen and oxygen atoms in total. The standard InChI is InChI=1S/C21H23NO4/c1-15-8-3-6-12-19(15)25-14-20(23)26-16(2)21(24)22-13-7-10-17-9-4-5-11-18(17)22/h3-6,8-9,11-12,16H,7,10,13-14H2,1-2H3. The number of hydrogen-bond donors (Lipinski definition) is 0. The summed E-state index contributed by atoms with van der Waals surface area (Å²) in [5, 5.41) is 0. The first-order chi connectivity index (χ1) is 12.6. The Bertz CT molecular complexity index is 802. The molecule has 1 unspecified atom stereocenters. The molecule has 3 rings (SSSR count). The molecule has 0 bridgehead atoms. The average Bonchev–Trinajstić information content (AvgIpc) is 2.66. The molecule has 0 radical (unpaired) electrons.